The fraction of sp³-hybridized carbons (Fsp3) is 0.105. The Morgan fingerprint density at radius 2 is 1.29 bits per heavy atom. The predicted octanol–water partition coefficient (Wildman–Crippen LogP) is 2.25. The monoisotopic (exact) mass is 384 g/mol. The summed E-state index contributed by atoms with van der Waals surface area (Å²) in [7, 11) is 0. The first kappa shape index (κ1) is 20.3. The van der Waals surface area contributed by atoms with Gasteiger partial charge in [0.25, 0.3) is 0 Å². The van der Waals surface area contributed by atoms with E-state index in [2.05, 4.69) is 10.6 Å². The lowest BCUT2D eigenvalue weighted by atomic mass is 10.1. The quantitative estimate of drug-likeness (QED) is 0.422. The van der Waals surface area contributed by atoms with Crippen LogP contribution in [0, 0.1) is 0 Å². The van der Waals surface area contributed by atoms with Crippen LogP contribution in [0.15, 0.2) is 42.5 Å². The van der Waals surface area contributed by atoms with Gasteiger partial charge in [-0.25, -0.2) is 9.59 Å². The SMILES string of the molecule is CC(=O)Nc1ccc(C(=O)CC(=O)Nc2cc(C(=O)O)cc(C(=O)O)c2)cc1. The highest BCUT2D eigenvalue weighted by Crippen LogP contribution is 2.17. The van der Waals surface area contributed by atoms with Gasteiger partial charge in [-0.05, 0) is 42.5 Å². The van der Waals surface area contributed by atoms with Crippen LogP contribution in [0.5, 0.6) is 0 Å². The highest BCUT2D eigenvalue weighted by molar-refractivity contribution is 6.11. The first-order valence-corrected chi connectivity index (χ1v) is 7.98. The molecule has 0 radical (unpaired) electrons. The number of ketones is 1. The van der Waals surface area contributed by atoms with Crippen LogP contribution in [0.4, 0.5) is 11.4 Å². The Labute approximate surface area is 159 Å². The molecule has 144 valence electrons. The molecular formula is C19H16N2O7. The maximum absolute atomic E-state index is 12.2. The Bertz CT molecular complexity index is 932. The average molecular weight is 384 g/mol. The number of carboxylic acids is 2. The molecule has 9 nitrogen and oxygen atoms in total. The Morgan fingerprint density at radius 3 is 1.75 bits per heavy atom. The van der Waals surface area contributed by atoms with Crippen LogP contribution in [0.1, 0.15) is 44.4 Å². The van der Waals surface area contributed by atoms with Gasteiger partial charge in [-0.1, -0.05) is 0 Å². The van der Waals surface area contributed by atoms with Crippen LogP contribution < -0.4 is 10.6 Å². The van der Waals surface area contributed by atoms with E-state index in [1.54, 1.807) is 0 Å². The Morgan fingerprint density at radius 1 is 0.750 bits per heavy atom. The summed E-state index contributed by atoms with van der Waals surface area (Å²) in [5.74, 6) is -4.19. The molecule has 0 aromatic heterocycles. The van der Waals surface area contributed by atoms with E-state index in [0.717, 1.165) is 18.2 Å². The van der Waals surface area contributed by atoms with Crippen LogP contribution in [-0.4, -0.2) is 39.7 Å². The molecule has 9 heteroatoms. The smallest absolute Gasteiger partial charge is 0.335 e. The number of hydrogen-bond donors (Lipinski definition) is 4. The van der Waals surface area contributed by atoms with E-state index in [4.69, 9.17) is 10.2 Å². The van der Waals surface area contributed by atoms with Gasteiger partial charge in [0.05, 0.1) is 17.5 Å². The molecule has 0 bridgehead atoms. The molecule has 0 aliphatic rings. The molecule has 0 spiro atoms. The largest absolute Gasteiger partial charge is 0.478 e. The number of Topliss-reactive ketones (excluding diaryl/α,β-unsaturated/α-hetero) is 1. The van der Waals surface area contributed by atoms with E-state index >= 15 is 0 Å². The lowest BCUT2D eigenvalue weighted by Crippen LogP contribution is -2.17. The molecule has 28 heavy (non-hydrogen) atoms. The fourth-order valence-corrected chi connectivity index (χ4v) is 2.34. The van der Waals surface area contributed by atoms with Crippen LogP contribution in [0.25, 0.3) is 0 Å². The second-order valence-electron chi connectivity index (χ2n) is 5.82. The molecule has 0 atom stereocenters. The third kappa shape index (κ3) is 5.49. The van der Waals surface area contributed by atoms with Crippen molar-refractivity contribution in [3.05, 3.63) is 59.2 Å². The lowest BCUT2D eigenvalue weighted by molar-refractivity contribution is -0.115. The summed E-state index contributed by atoms with van der Waals surface area (Å²) in [6, 6.07) is 9.09. The van der Waals surface area contributed by atoms with Gasteiger partial charge in [-0.15, -0.1) is 0 Å². The summed E-state index contributed by atoms with van der Waals surface area (Å²) in [5.41, 5.74) is 0.0798. The van der Waals surface area contributed by atoms with E-state index in [-0.39, 0.29) is 28.3 Å². The van der Waals surface area contributed by atoms with Crippen molar-refractivity contribution in [3.63, 3.8) is 0 Å². The number of amides is 2. The van der Waals surface area contributed by atoms with Crippen molar-refractivity contribution in [2.45, 2.75) is 13.3 Å². The third-order valence-electron chi connectivity index (χ3n) is 3.56. The molecule has 0 fully saturated rings. The average Bonchev–Trinajstić information content (AvgIpc) is 2.61. The number of aromatic carboxylic acids is 2. The zero-order valence-corrected chi connectivity index (χ0v) is 14.7. The van der Waals surface area contributed by atoms with Crippen molar-refractivity contribution in [2.75, 3.05) is 10.6 Å². The molecule has 0 heterocycles. The molecule has 2 aromatic rings. The highest BCUT2D eigenvalue weighted by atomic mass is 16.4. The molecule has 0 saturated heterocycles. The zero-order valence-electron chi connectivity index (χ0n) is 14.7. The van der Waals surface area contributed by atoms with Gasteiger partial charge >= 0.3 is 11.9 Å². The van der Waals surface area contributed by atoms with Crippen molar-refractivity contribution in [1.29, 1.82) is 0 Å². The molecule has 0 aliphatic heterocycles. The second kappa shape index (κ2) is 8.58. The molecule has 0 unspecified atom stereocenters. The van der Waals surface area contributed by atoms with E-state index in [0.29, 0.717) is 5.69 Å². The third-order valence-corrected chi connectivity index (χ3v) is 3.56. The van der Waals surface area contributed by atoms with E-state index in [1.165, 1.54) is 31.2 Å². The summed E-state index contributed by atoms with van der Waals surface area (Å²) < 4.78 is 0. The molecule has 0 saturated carbocycles. The number of benzene rings is 2. The maximum Gasteiger partial charge on any atom is 0.335 e. The summed E-state index contributed by atoms with van der Waals surface area (Å²) in [6.07, 6.45) is -0.529. The van der Waals surface area contributed by atoms with Gasteiger partial charge in [0, 0.05) is 23.9 Å². The van der Waals surface area contributed by atoms with E-state index < -0.39 is 30.0 Å². The molecule has 2 amide bonds. The van der Waals surface area contributed by atoms with Crippen LogP contribution in [0.2, 0.25) is 0 Å². The van der Waals surface area contributed by atoms with Gasteiger partial charge in [0.15, 0.2) is 5.78 Å². The maximum atomic E-state index is 12.2. The zero-order chi connectivity index (χ0) is 20.8. The number of nitrogens with one attached hydrogen (secondary N) is 2. The Balaban J connectivity index is 2.09. The minimum atomic E-state index is -1.35. The summed E-state index contributed by atoms with van der Waals surface area (Å²) in [6.45, 7) is 1.35. The number of carbonyl (C=O) groups is 5. The predicted molar refractivity (Wildman–Crippen MR) is 98.7 cm³/mol. The summed E-state index contributed by atoms with van der Waals surface area (Å²) in [4.78, 5) is 57.4. The lowest BCUT2D eigenvalue weighted by Gasteiger charge is -2.08. The molecule has 2 rings (SSSR count). The number of hydrogen-bond acceptors (Lipinski definition) is 5. The van der Waals surface area contributed by atoms with Crippen molar-refractivity contribution >= 4 is 40.9 Å². The van der Waals surface area contributed by atoms with Gasteiger partial charge in [0.1, 0.15) is 0 Å². The first-order chi connectivity index (χ1) is 13.2. The van der Waals surface area contributed by atoms with Gasteiger partial charge < -0.3 is 20.8 Å². The van der Waals surface area contributed by atoms with Gasteiger partial charge in [-0.2, -0.15) is 0 Å². The topological polar surface area (TPSA) is 150 Å². The molecule has 4 N–H and O–H groups in total. The van der Waals surface area contributed by atoms with Crippen LogP contribution in [0.3, 0.4) is 0 Å². The highest BCUT2D eigenvalue weighted by Gasteiger charge is 2.15. The number of rotatable bonds is 7. The Kier molecular flexibility index (Phi) is 6.22. The van der Waals surface area contributed by atoms with E-state index in [1.807, 2.05) is 0 Å². The fourth-order valence-electron chi connectivity index (χ4n) is 2.34. The number of anilines is 2. The van der Waals surface area contributed by atoms with Crippen molar-refractivity contribution in [1.82, 2.24) is 0 Å². The van der Waals surface area contributed by atoms with Crippen LogP contribution in [-0.2, 0) is 9.59 Å². The standard InChI is InChI=1S/C19H16N2O7/c1-10(22)20-14-4-2-11(3-5-14)16(23)9-17(24)21-15-7-12(18(25)26)6-13(8-15)19(27)28/h2-8H,9H2,1H3,(H,20,22)(H,21,24)(H,25,26)(H,27,28). The number of carboxylic acid groups (broad SMARTS) is 2. The second-order valence-corrected chi connectivity index (χ2v) is 5.82. The normalized spacial score (nSPS) is 10.0. The minimum Gasteiger partial charge on any atom is -0.478 e. The summed E-state index contributed by atoms with van der Waals surface area (Å²) >= 11 is 0. The molecular weight excluding hydrogens is 368 g/mol. The van der Waals surface area contributed by atoms with Gasteiger partial charge in [0.2, 0.25) is 11.8 Å². The van der Waals surface area contributed by atoms with Crippen molar-refractivity contribution in [2.24, 2.45) is 0 Å². The summed E-state index contributed by atoms with van der Waals surface area (Å²) in [5, 5.41) is 22.9. The van der Waals surface area contributed by atoms with Crippen molar-refractivity contribution < 1.29 is 34.2 Å². The minimum absolute atomic E-state index is 0.0453. The van der Waals surface area contributed by atoms with Crippen molar-refractivity contribution in [3.8, 4) is 0 Å². The molecule has 0 aliphatic carbocycles. The van der Waals surface area contributed by atoms with Crippen LogP contribution >= 0.6 is 0 Å². The number of carbonyl (C=O) groups excluding carboxylic acids is 3. The van der Waals surface area contributed by atoms with Gasteiger partial charge in [-0.3, -0.25) is 14.4 Å². The first-order valence-electron chi connectivity index (χ1n) is 7.98. The Hall–Kier alpha value is -4.01. The molecule has 2 aromatic carbocycles. The van der Waals surface area contributed by atoms with E-state index in [9.17, 15) is 24.0 Å².